The third kappa shape index (κ3) is 4.11. The van der Waals surface area contributed by atoms with Crippen LogP contribution >= 0.6 is 11.6 Å². The highest BCUT2D eigenvalue weighted by molar-refractivity contribution is 6.31. The molecule has 0 saturated carbocycles. The third-order valence-corrected chi connectivity index (χ3v) is 5.05. The summed E-state index contributed by atoms with van der Waals surface area (Å²) in [5.41, 5.74) is 1.41. The highest BCUT2D eigenvalue weighted by Gasteiger charge is 2.25. The number of aromatic nitrogens is 4. The van der Waals surface area contributed by atoms with Crippen molar-refractivity contribution in [3.05, 3.63) is 48.4 Å². The zero-order chi connectivity index (χ0) is 21.1. The van der Waals surface area contributed by atoms with E-state index in [2.05, 4.69) is 42.0 Å². The van der Waals surface area contributed by atoms with Gasteiger partial charge in [-0.05, 0) is 30.7 Å². The van der Waals surface area contributed by atoms with Gasteiger partial charge >= 0.3 is 0 Å². The maximum Gasteiger partial charge on any atom is 0.247 e. The minimum Gasteiger partial charge on any atom is -0.480 e. The van der Waals surface area contributed by atoms with Crippen LogP contribution in [0.25, 0.3) is 10.9 Å². The van der Waals surface area contributed by atoms with Crippen LogP contribution in [0.3, 0.4) is 0 Å². The quantitative estimate of drug-likeness (QED) is 0.581. The molecule has 154 valence electrons. The second-order valence-electron chi connectivity index (χ2n) is 6.75. The normalized spacial score (nSPS) is 15.8. The first kappa shape index (κ1) is 19.8. The number of nitrogens with one attached hydrogen (secondary N) is 2. The van der Waals surface area contributed by atoms with E-state index in [9.17, 15) is 4.79 Å². The van der Waals surface area contributed by atoms with Crippen molar-refractivity contribution in [2.75, 3.05) is 35.7 Å². The van der Waals surface area contributed by atoms with Gasteiger partial charge in [-0.1, -0.05) is 18.2 Å². The van der Waals surface area contributed by atoms with E-state index in [0.717, 1.165) is 36.2 Å². The maximum absolute atomic E-state index is 11.5. The smallest absolute Gasteiger partial charge is 0.247 e. The van der Waals surface area contributed by atoms with E-state index in [1.807, 2.05) is 18.2 Å². The number of carbonyl (C=O) groups excluding carboxylic acids is 1. The number of amides is 1. The first-order chi connectivity index (χ1) is 14.6. The first-order valence-electron chi connectivity index (χ1n) is 9.33. The molecular formula is C20H20ClN7O2. The fourth-order valence-electron chi connectivity index (χ4n) is 3.38. The number of anilines is 3. The van der Waals surface area contributed by atoms with Crippen molar-refractivity contribution in [3.63, 3.8) is 0 Å². The van der Waals surface area contributed by atoms with Crippen molar-refractivity contribution in [2.45, 2.75) is 12.5 Å². The van der Waals surface area contributed by atoms with Gasteiger partial charge in [0.1, 0.15) is 17.2 Å². The molecule has 0 bridgehead atoms. The molecule has 9 nitrogen and oxygen atoms in total. The number of fused-ring (bicyclic) bond motifs is 1. The fourth-order valence-corrected chi connectivity index (χ4v) is 3.55. The molecule has 0 aliphatic carbocycles. The summed E-state index contributed by atoms with van der Waals surface area (Å²) < 4.78 is 5.15. The van der Waals surface area contributed by atoms with E-state index in [1.165, 1.54) is 25.7 Å². The number of carbonyl (C=O) groups is 1. The molecule has 0 spiro atoms. The average molecular weight is 426 g/mol. The third-order valence-electron chi connectivity index (χ3n) is 4.79. The van der Waals surface area contributed by atoms with Crippen LogP contribution in [0, 0.1) is 0 Å². The summed E-state index contributed by atoms with van der Waals surface area (Å²) in [5, 5.41) is 7.35. The van der Waals surface area contributed by atoms with E-state index in [-0.39, 0.29) is 11.9 Å². The number of rotatable bonds is 6. The lowest BCUT2D eigenvalue weighted by molar-refractivity contribution is -0.111. The van der Waals surface area contributed by atoms with E-state index in [0.29, 0.717) is 22.5 Å². The Morgan fingerprint density at radius 1 is 1.37 bits per heavy atom. The second kappa shape index (κ2) is 8.50. The van der Waals surface area contributed by atoms with Gasteiger partial charge in [0.05, 0.1) is 18.8 Å². The van der Waals surface area contributed by atoms with Crippen LogP contribution in [0.1, 0.15) is 6.42 Å². The van der Waals surface area contributed by atoms with Gasteiger partial charge in [0.25, 0.3) is 0 Å². The van der Waals surface area contributed by atoms with Crippen molar-refractivity contribution in [2.24, 2.45) is 0 Å². The molecule has 3 heterocycles. The fraction of sp³-hybridized carbons (Fsp3) is 0.250. The largest absolute Gasteiger partial charge is 0.480 e. The van der Waals surface area contributed by atoms with Crippen molar-refractivity contribution >= 4 is 45.9 Å². The van der Waals surface area contributed by atoms with Crippen LogP contribution in [-0.2, 0) is 4.79 Å². The molecule has 0 radical (unpaired) electrons. The molecule has 2 aromatic heterocycles. The first-order valence-corrected chi connectivity index (χ1v) is 9.71. The number of ether oxygens (including phenoxy) is 1. The van der Waals surface area contributed by atoms with E-state index in [4.69, 9.17) is 16.3 Å². The maximum atomic E-state index is 11.5. The minimum atomic E-state index is -0.266. The zero-order valence-electron chi connectivity index (χ0n) is 16.3. The van der Waals surface area contributed by atoms with Crippen LogP contribution < -0.4 is 20.3 Å². The highest BCUT2D eigenvalue weighted by atomic mass is 35.5. The molecule has 1 aromatic carbocycles. The van der Waals surface area contributed by atoms with Gasteiger partial charge in [-0.2, -0.15) is 4.98 Å². The molecule has 1 fully saturated rings. The zero-order valence-corrected chi connectivity index (χ0v) is 17.1. The van der Waals surface area contributed by atoms with Crippen molar-refractivity contribution in [1.82, 2.24) is 19.9 Å². The lowest BCUT2D eigenvalue weighted by Gasteiger charge is -2.19. The predicted octanol–water partition coefficient (Wildman–Crippen LogP) is 2.90. The van der Waals surface area contributed by atoms with E-state index >= 15 is 0 Å². The standard InChI is InChI=1S/C20H20ClN7O2/c1-3-17(29)25-12-4-5-14-16(8-12)23-11-24-18(14)28-7-6-13(10-28)26-20-22-9-15(21)19(27-20)30-2/h3-5,8-9,11,13H,1,6-7,10H2,2H3,(H,25,29)(H,22,26,27)/t13-/m1/s1. The number of methoxy groups -OCH3 is 1. The molecule has 1 saturated heterocycles. The molecule has 3 aromatic rings. The van der Waals surface area contributed by atoms with Crippen molar-refractivity contribution < 1.29 is 9.53 Å². The Morgan fingerprint density at radius 3 is 3.03 bits per heavy atom. The summed E-state index contributed by atoms with van der Waals surface area (Å²) in [6, 6.07) is 5.71. The van der Waals surface area contributed by atoms with Gasteiger partial charge in [0, 0.05) is 30.2 Å². The van der Waals surface area contributed by atoms with Crippen LogP contribution in [0.2, 0.25) is 5.02 Å². The molecule has 1 atom stereocenters. The van der Waals surface area contributed by atoms with E-state index < -0.39 is 0 Å². The molecule has 0 unspecified atom stereocenters. The van der Waals surface area contributed by atoms with Crippen LogP contribution in [-0.4, -0.2) is 52.1 Å². The summed E-state index contributed by atoms with van der Waals surface area (Å²) in [6.45, 7) is 5.02. The Bertz CT molecular complexity index is 1110. The number of halogens is 1. The van der Waals surface area contributed by atoms with Gasteiger partial charge in [0.2, 0.25) is 17.7 Å². The topological polar surface area (TPSA) is 105 Å². The van der Waals surface area contributed by atoms with Gasteiger partial charge in [0.15, 0.2) is 0 Å². The monoisotopic (exact) mass is 425 g/mol. The summed E-state index contributed by atoms with van der Waals surface area (Å²) in [5.74, 6) is 1.39. The lowest BCUT2D eigenvalue weighted by atomic mass is 10.2. The molecule has 4 rings (SSSR count). The molecule has 30 heavy (non-hydrogen) atoms. The highest BCUT2D eigenvalue weighted by Crippen LogP contribution is 2.29. The Morgan fingerprint density at radius 2 is 2.23 bits per heavy atom. The van der Waals surface area contributed by atoms with Gasteiger partial charge < -0.3 is 20.3 Å². The molecule has 10 heteroatoms. The van der Waals surface area contributed by atoms with E-state index in [1.54, 1.807) is 0 Å². The number of nitrogens with zero attached hydrogens (tertiary/aromatic N) is 5. The van der Waals surface area contributed by atoms with Crippen LogP contribution in [0.5, 0.6) is 5.88 Å². The lowest BCUT2D eigenvalue weighted by Crippen LogP contribution is -2.27. The van der Waals surface area contributed by atoms with Gasteiger partial charge in [-0.3, -0.25) is 4.79 Å². The summed E-state index contributed by atoms with van der Waals surface area (Å²) in [7, 11) is 1.52. The number of hydrogen-bond acceptors (Lipinski definition) is 8. The number of hydrogen-bond donors (Lipinski definition) is 2. The average Bonchev–Trinajstić information content (AvgIpc) is 3.22. The minimum absolute atomic E-state index is 0.145. The van der Waals surface area contributed by atoms with Crippen LogP contribution in [0.15, 0.2) is 43.4 Å². The second-order valence-corrected chi connectivity index (χ2v) is 7.16. The Balaban J connectivity index is 1.51. The molecular weight excluding hydrogens is 406 g/mol. The van der Waals surface area contributed by atoms with Crippen molar-refractivity contribution in [1.29, 1.82) is 0 Å². The van der Waals surface area contributed by atoms with Gasteiger partial charge in [-0.15, -0.1) is 0 Å². The Kier molecular flexibility index (Phi) is 5.62. The van der Waals surface area contributed by atoms with Gasteiger partial charge in [-0.25, -0.2) is 15.0 Å². The SMILES string of the molecule is C=CC(=O)Nc1ccc2c(N3CC[C@@H](Nc4ncc(Cl)c(OC)n4)C3)ncnc2c1. The van der Waals surface area contributed by atoms with Crippen molar-refractivity contribution in [3.8, 4) is 5.88 Å². The molecule has 1 amide bonds. The molecule has 1 aliphatic heterocycles. The Labute approximate surface area is 178 Å². The van der Waals surface area contributed by atoms with Crippen LogP contribution in [0.4, 0.5) is 17.5 Å². The predicted molar refractivity (Wildman–Crippen MR) is 116 cm³/mol. The summed E-state index contributed by atoms with van der Waals surface area (Å²) in [6.07, 6.45) is 5.17. The molecule has 2 N–H and O–H groups in total. The number of benzene rings is 1. The molecule has 1 aliphatic rings. The summed E-state index contributed by atoms with van der Waals surface area (Å²) in [4.78, 5) is 31.1. The Hall–Kier alpha value is -3.46. The summed E-state index contributed by atoms with van der Waals surface area (Å²) >= 11 is 5.99.